The van der Waals surface area contributed by atoms with E-state index in [9.17, 15) is 40.0 Å². The molecule has 9 aromatic carbocycles. The maximum Gasteiger partial charge on any atom is 0.335 e. The van der Waals surface area contributed by atoms with Crippen molar-refractivity contribution >= 4 is 109 Å². The molecule has 18 nitrogen and oxygen atoms in total. The molecule has 0 amide bonds. The number of non-ortho nitro benzene ring substituents is 2. The molecular weight excluding hydrogens is 1230 g/mol. The van der Waals surface area contributed by atoms with Gasteiger partial charge in [0.2, 0.25) is 0 Å². The van der Waals surface area contributed by atoms with Gasteiger partial charge in [0.1, 0.15) is 11.4 Å². The van der Waals surface area contributed by atoms with Gasteiger partial charge in [-0.05, 0) is 86.6 Å². The van der Waals surface area contributed by atoms with Gasteiger partial charge in [-0.3, -0.25) is 20.2 Å². The van der Waals surface area contributed by atoms with E-state index in [0.717, 1.165) is 11.2 Å². The first-order chi connectivity index (χ1) is 45.6. The number of nitro groups is 2. The van der Waals surface area contributed by atoms with Gasteiger partial charge in [-0.2, -0.15) is 0 Å². The fourth-order valence-corrected chi connectivity index (χ4v) is 19.5. The van der Waals surface area contributed by atoms with E-state index >= 15 is 9.13 Å². The second-order valence-electron chi connectivity index (χ2n) is 22.8. The fourth-order valence-electron chi connectivity index (χ4n) is 13.1. The van der Waals surface area contributed by atoms with Crippen LogP contribution in [0.15, 0.2) is 252 Å². The normalized spacial score (nSPS) is 14.2. The Morgan fingerprint density at radius 3 is 1.29 bits per heavy atom. The van der Waals surface area contributed by atoms with Crippen LogP contribution in [0.3, 0.4) is 0 Å². The van der Waals surface area contributed by atoms with Crippen LogP contribution in [-0.2, 0) is 58.6 Å². The molecule has 0 fully saturated rings. The van der Waals surface area contributed by atoms with Gasteiger partial charge in [0.15, 0.2) is 25.0 Å². The van der Waals surface area contributed by atoms with Gasteiger partial charge in [-0.25, -0.2) is 9.59 Å². The zero-order valence-electron chi connectivity index (χ0n) is 51.3. The molecule has 472 valence electrons. The predicted molar refractivity (Wildman–Crippen MR) is 367 cm³/mol. The maximum atomic E-state index is 16.8. The van der Waals surface area contributed by atoms with E-state index in [1.54, 1.807) is 218 Å². The predicted octanol–water partition coefficient (Wildman–Crippen LogP) is 14.1. The Kier molecular flexibility index (Phi) is 18.0. The van der Waals surface area contributed by atoms with Gasteiger partial charge in [-0.1, -0.05) is 198 Å². The summed E-state index contributed by atoms with van der Waals surface area (Å²) in [5.74, 6) is -1.74. The van der Waals surface area contributed by atoms with Crippen molar-refractivity contribution in [1.82, 2.24) is 9.13 Å². The highest BCUT2D eigenvalue weighted by molar-refractivity contribution is 7.80. The Hall–Kier alpha value is -10.5. The van der Waals surface area contributed by atoms with E-state index in [0.29, 0.717) is 57.8 Å². The molecule has 20 heteroatoms. The summed E-state index contributed by atoms with van der Waals surface area (Å²) in [6.45, 7) is 4.97. The monoisotopic (exact) mass is 1290 g/mol. The number of aliphatic hydroxyl groups is 2. The number of nitrogens with zero attached hydrogens (tertiary/aromatic N) is 6. The Labute approximate surface area is 540 Å². The number of benzene rings is 9. The molecule has 0 aliphatic heterocycles. The van der Waals surface area contributed by atoms with E-state index in [1.807, 2.05) is 18.4 Å². The topological polar surface area (TPSA) is 248 Å². The zero-order chi connectivity index (χ0) is 65.8. The molecule has 0 spiro atoms. The summed E-state index contributed by atoms with van der Waals surface area (Å²) in [5.41, 5.74) is 3.80. The highest BCUT2D eigenvalue weighted by atomic mass is 31.2. The first-order valence-electron chi connectivity index (χ1n) is 30.8. The van der Waals surface area contributed by atoms with Crippen LogP contribution >= 0.6 is 14.3 Å². The van der Waals surface area contributed by atoms with Gasteiger partial charge in [0.05, 0.1) is 9.85 Å². The molecule has 0 saturated heterocycles. The number of nitro benzene ring substituents is 2. The molecule has 1 aliphatic rings. The number of unbranched alkanes of at least 4 members (excludes halogenated alkanes) is 1. The van der Waals surface area contributed by atoms with Crippen molar-refractivity contribution in [3.63, 3.8) is 0 Å². The van der Waals surface area contributed by atoms with Crippen LogP contribution in [0.4, 0.5) is 11.4 Å². The SMILES string of the molecule is CCn1c2c(c3cc([N+](=O)[O-])ccc31)C=C(/C(=N/OC(=O)CCCCC(=O)O/N=C(/c1ccc3c(c1)c1cc([N+](=O)[O-])ccc1n3CC)C(O)(c1ccccc1)P(=O)(c1ccccc1)c1ccccc1)C(O)(c1ccccc1)P(=O)(c1ccccc1)c1ccccc1)CC2. The van der Waals surface area contributed by atoms with Crippen LogP contribution in [0, 0.1) is 20.2 Å². The Bertz CT molecular complexity index is 4820. The molecule has 1 aliphatic carbocycles. The molecule has 0 radical (unpaired) electrons. The summed E-state index contributed by atoms with van der Waals surface area (Å²) in [6.07, 6.45) is 1.83. The van der Waals surface area contributed by atoms with E-state index in [4.69, 9.17) is 9.68 Å². The maximum absolute atomic E-state index is 16.8. The van der Waals surface area contributed by atoms with Crippen LogP contribution < -0.4 is 21.2 Å². The number of hydrogen-bond donors (Lipinski definition) is 2. The highest BCUT2D eigenvalue weighted by Crippen LogP contribution is 2.63. The number of fused-ring (bicyclic) bond motifs is 6. The number of hydrogen-bond acceptors (Lipinski definition) is 14. The highest BCUT2D eigenvalue weighted by Gasteiger charge is 2.57. The minimum absolute atomic E-state index is 0.0405. The lowest BCUT2D eigenvalue weighted by Crippen LogP contribution is -2.44. The molecular formula is C74H64N6O12P2. The second-order valence-corrected chi connectivity index (χ2v) is 28.6. The van der Waals surface area contributed by atoms with Gasteiger partial charge < -0.3 is 38.2 Å². The molecule has 94 heavy (non-hydrogen) atoms. The quantitative estimate of drug-likeness (QED) is 0.0152. The number of carbonyl (C=O) groups excluding carboxylic acids is 2. The molecule has 2 aromatic heterocycles. The first kappa shape index (κ1) is 63.7. The summed E-state index contributed by atoms with van der Waals surface area (Å²) in [7, 11) is -8.81. The van der Waals surface area contributed by atoms with Crippen LogP contribution in [0.1, 0.15) is 73.9 Å². The van der Waals surface area contributed by atoms with Gasteiger partial charge in [-0.15, -0.1) is 0 Å². The lowest BCUT2D eigenvalue weighted by molar-refractivity contribution is -0.384. The lowest BCUT2D eigenvalue weighted by atomic mass is 9.88. The average Bonchev–Trinajstić information content (AvgIpc) is 0.833. The first-order valence-corrected chi connectivity index (χ1v) is 34.2. The van der Waals surface area contributed by atoms with Crippen LogP contribution in [0.2, 0.25) is 0 Å². The minimum Gasteiger partial charge on any atom is -0.371 e. The number of rotatable bonds is 23. The van der Waals surface area contributed by atoms with E-state index < -0.39 is 46.8 Å². The van der Waals surface area contributed by atoms with Crippen molar-refractivity contribution in [1.29, 1.82) is 0 Å². The second kappa shape index (κ2) is 26.6. The van der Waals surface area contributed by atoms with Crippen LogP contribution in [0.5, 0.6) is 0 Å². The molecule has 11 aromatic rings. The summed E-state index contributed by atoms with van der Waals surface area (Å²) < 4.78 is 37.7. The summed E-state index contributed by atoms with van der Waals surface area (Å²) >= 11 is 0. The molecule has 2 unspecified atom stereocenters. The third kappa shape index (κ3) is 11.3. The third-order valence-electron chi connectivity index (χ3n) is 17.5. The number of oxime groups is 2. The van der Waals surface area contributed by atoms with Crippen molar-refractivity contribution in [3.05, 3.63) is 290 Å². The van der Waals surface area contributed by atoms with E-state index in [-0.39, 0.29) is 92.8 Å². The zero-order valence-corrected chi connectivity index (χ0v) is 53.1. The molecule has 2 N–H and O–H groups in total. The molecule has 0 bridgehead atoms. The largest absolute Gasteiger partial charge is 0.371 e. The van der Waals surface area contributed by atoms with Gasteiger partial charge >= 0.3 is 11.9 Å². The molecule has 2 atom stereocenters. The average molecular weight is 1290 g/mol. The number of aryl methyl sites for hydroxylation is 2. The van der Waals surface area contributed by atoms with Crippen molar-refractivity contribution in [2.75, 3.05) is 0 Å². The standard InChI is InChI=1S/C74H64N6O12P2/c1-3-77-65-43-39-51(47-61(65)63-49-55(79(85)86)41-45-67(63)77)71(73(83,53-25-11-5-12-26-53)93(89,57-29-15-7-16-30-57)58-31-17-8-18-32-58)75-91-69(81)37-23-24-38-70(82)92-76-72(52-40-44-66-62(48-52)64-50-56(80(87)88)42-46-68(64)78(66)4-2)74(84,54-27-13-6-14-28-54)94(90,59-33-19-9-20-34-59)60-35-21-10-22-36-60/h5-22,25-36,39,41-43,45-50,83-84H,3-4,23-24,37-38,40,44H2,1-2H3/b75-71-,76-72-. The van der Waals surface area contributed by atoms with Crippen molar-refractivity contribution in [2.24, 2.45) is 10.3 Å². The van der Waals surface area contributed by atoms with Gasteiger partial charge in [0, 0.05) is 121 Å². The number of carbonyl (C=O) groups is 2. The Morgan fingerprint density at radius 1 is 0.489 bits per heavy atom. The fraction of sp³-hybridized carbons (Fsp3) is 0.162. The molecule has 0 saturated carbocycles. The minimum atomic E-state index is -4.42. The Morgan fingerprint density at radius 2 is 0.862 bits per heavy atom. The van der Waals surface area contributed by atoms with Crippen LogP contribution in [-0.4, -0.2) is 52.6 Å². The smallest absolute Gasteiger partial charge is 0.335 e. The van der Waals surface area contributed by atoms with Crippen LogP contribution in [0.25, 0.3) is 38.8 Å². The summed E-state index contributed by atoms with van der Waals surface area (Å²) in [6, 6.07) is 65.3. The van der Waals surface area contributed by atoms with E-state index in [2.05, 4.69) is 14.9 Å². The third-order valence-corrected chi connectivity index (χ3v) is 24.4. The van der Waals surface area contributed by atoms with Crippen molar-refractivity contribution in [2.45, 2.75) is 76.1 Å². The summed E-state index contributed by atoms with van der Waals surface area (Å²) in [5, 5.41) is 59.2. The number of aromatic nitrogens is 2. The molecule has 12 rings (SSSR count). The Balaban J connectivity index is 0.904. The molecule has 2 heterocycles. The van der Waals surface area contributed by atoms with Crippen molar-refractivity contribution < 1.29 is 48.5 Å². The van der Waals surface area contributed by atoms with Crippen molar-refractivity contribution in [3.8, 4) is 0 Å². The van der Waals surface area contributed by atoms with E-state index in [1.165, 1.54) is 24.3 Å². The van der Waals surface area contributed by atoms with Gasteiger partial charge in [0.25, 0.3) is 11.4 Å². The lowest BCUT2D eigenvalue weighted by Gasteiger charge is -2.39. The summed E-state index contributed by atoms with van der Waals surface area (Å²) in [4.78, 5) is 63.6.